The Morgan fingerprint density at radius 2 is 1.37 bits per heavy atom. The summed E-state index contributed by atoms with van der Waals surface area (Å²) in [5.74, 6) is 1.69. The lowest BCUT2D eigenvalue weighted by molar-refractivity contribution is -0.136. The predicted molar refractivity (Wildman–Crippen MR) is 266 cm³/mol. The van der Waals surface area contributed by atoms with Crippen LogP contribution in [0, 0.1) is 35.4 Å². The molecular formula is C53H71FN10O6. The molecule has 0 saturated carbocycles. The van der Waals surface area contributed by atoms with Gasteiger partial charge in [-0.3, -0.25) is 9.59 Å². The third-order valence-corrected chi connectivity index (χ3v) is 15.5. The zero-order valence-corrected chi connectivity index (χ0v) is 42.0. The molecule has 17 heteroatoms. The first kappa shape index (κ1) is 48.9. The van der Waals surface area contributed by atoms with Crippen LogP contribution in [-0.4, -0.2) is 112 Å². The summed E-state index contributed by atoms with van der Waals surface area (Å²) in [6.45, 7) is 14.9. The molecule has 9 rings (SSSR count). The Hall–Kier alpha value is -6.13. The van der Waals surface area contributed by atoms with Crippen LogP contribution in [0.25, 0.3) is 17.1 Å². The van der Waals surface area contributed by atoms with Gasteiger partial charge in [0.15, 0.2) is 0 Å². The first-order valence-electron chi connectivity index (χ1n) is 25.5. The Morgan fingerprint density at radius 3 is 1.96 bits per heavy atom. The van der Waals surface area contributed by atoms with E-state index in [1.54, 1.807) is 6.07 Å². The fourth-order valence-electron chi connectivity index (χ4n) is 12.2. The summed E-state index contributed by atoms with van der Waals surface area (Å²) < 4.78 is 26.3. The van der Waals surface area contributed by atoms with Gasteiger partial charge in [-0.05, 0) is 117 Å². The van der Waals surface area contributed by atoms with Crippen LogP contribution in [0.5, 0.6) is 0 Å². The number of imidazole rings is 2. The molecule has 1 aliphatic carbocycles. The Morgan fingerprint density at radius 1 is 0.757 bits per heavy atom. The van der Waals surface area contributed by atoms with Crippen molar-refractivity contribution in [2.75, 3.05) is 50.2 Å². The topological polar surface area (TPSA) is 181 Å². The van der Waals surface area contributed by atoms with E-state index in [1.807, 2.05) is 49.6 Å². The molecule has 4 aromatic rings. The fraction of sp³-hybridized carbons (Fsp3) is 0.585. The number of amides is 4. The van der Waals surface area contributed by atoms with E-state index < -0.39 is 24.3 Å². The van der Waals surface area contributed by atoms with Gasteiger partial charge < -0.3 is 49.7 Å². The molecule has 6 heterocycles. The van der Waals surface area contributed by atoms with Gasteiger partial charge in [-0.2, -0.15) is 0 Å². The van der Waals surface area contributed by atoms with E-state index >= 15 is 4.39 Å². The maximum Gasteiger partial charge on any atom is 0.407 e. The first-order valence-corrected chi connectivity index (χ1v) is 25.5. The average Bonchev–Trinajstić information content (AvgIpc) is 4.20. The molecule has 3 unspecified atom stereocenters. The van der Waals surface area contributed by atoms with Gasteiger partial charge in [0.1, 0.15) is 29.5 Å². The number of nitrogens with one attached hydrogen (secondary N) is 4. The Labute approximate surface area is 410 Å². The highest BCUT2D eigenvalue weighted by molar-refractivity contribution is 5.87. The van der Waals surface area contributed by atoms with E-state index in [1.165, 1.54) is 14.2 Å². The molecule has 70 heavy (non-hydrogen) atoms. The van der Waals surface area contributed by atoms with Crippen molar-refractivity contribution in [3.05, 3.63) is 76.9 Å². The minimum atomic E-state index is -0.730. The SMILES string of the molecule is COC(=O)N[C@H](C(=O)N1CCC[C@H]1c1nc2c([nH]1)CC([C@H]1CC[C@H](c3ccc4nc([C@@H]5CCCN5C(=O)[C@@H](NC(=O)OC)C(C)C)[nH]c4c3)N1c1ccc(N3CC(C)CC(C)C3)c(F)c1)C=C2)C(C)C. The number of fused-ring (bicyclic) bond motifs is 2. The van der Waals surface area contributed by atoms with E-state index in [-0.39, 0.29) is 59.6 Å². The predicted octanol–water partition coefficient (Wildman–Crippen LogP) is 8.59. The molecule has 2 aromatic carbocycles. The second-order valence-electron chi connectivity index (χ2n) is 21.3. The number of hydrogen-bond acceptors (Lipinski definition) is 10. The summed E-state index contributed by atoms with van der Waals surface area (Å²) in [6.07, 6.45) is 9.77. The molecule has 4 N–H and O–H groups in total. The van der Waals surface area contributed by atoms with Gasteiger partial charge in [0.25, 0.3) is 0 Å². The number of alkyl carbamates (subject to hydrolysis) is 2. The Balaban J connectivity index is 0.997. The summed E-state index contributed by atoms with van der Waals surface area (Å²) in [4.78, 5) is 78.0. The number of H-pyrrole nitrogens is 2. The molecule has 0 bridgehead atoms. The number of benzene rings is 2. The minimum Gasteiger partial charge on any atom is -0.453 e. The lowest BCUT2D eigenvalue weighted by Gasteiger charge is -2.39. The number of likely N-dealkylation sites (tertiary alicyclic amines) is 2. The van der Waals surface area contributed by atoms with Gasteiger partial charge in [-0.25, -0.2) is 23.9 Å². The number of carbonyl (C=O) groups excluding carboxylic acids is 4. The molecule has 376 valence electrons. The third-order valence-electron chi connectivity index (χ3n) is 15.5. The van der Waals surface area contributed by atoms with Crippen LogP contribution in [-0.2, 0) is 25.5 Å². The number of aromatic amines is 2. The molecule has 4 fully saturated rings. The molecule has 0 radical (unpaired) electrons. The van der Waals surface area contributed by atoms with Crippen molar-refractivity contribution in [2.24, 2.45) is 29.6 Å². The maximum absolute atomic E-state index is 16.7. The maximum atomic E-state index is 16.7. The standard InChI is InChI=1S/C53H71FN10O6/c1-29(2)46(59-52(67)69-7)50(65)62-21-9-11-44(62)48-55-37-16-13-33(24-39(37)57-48)41-19-20-42(64(41)35-15-18-43(36(54)26-35)61-27-31(5)23-32(6)28-61)34-14-17-38-40(25-34)58-49(56-38)45-12-10-22-63(45)51(66)47(30(3)4)60-53(68)70-8/h13-18,24,26,29-32,34,41-42,44-47H,9-12,19-23,25,27-28H2,1-8H3,(H,55,57)(H,56,58)(H,59,67)(H,60,68)/t31?,32?,34?,41-,42-,44+,45+,46+,47+/m1/s1. The number of anilines is 2. The summed E-state index contributed by atoms with van der Waals surface area (Å²) in [5.41, 5.74) is 6.11. The number of hydrogen-bond donors (Lipinski definition) is 4. The molecule has 2 aromatic heterocycles. The van der Waals surface area contributed by atoms with Gasteiger partial charge in [-0.1, -0.05) is 53.7 Å². The number of piperidine rings is 1. The van der Waals surface area contributed by atoms with Crippen molar-refractivity contribution in [1.82, 2.24) is 40.4 Å². The van der Waals surface area contributed by atoms with Gasteiger partial charge in [0.05, 0.1) is 54.8 Å². The van der Waals surface area contributed by atoms with Crippen LogP contribution in [0.1, 0.15) is 133 Å². The number of halogens is 1. The number of ether oxygens (including phenoxy) is 2. The minimum absolute atomic E-state index is 0.0285. The lowest BCUT2D eigenvalue weighted by Crippen LogP contribution is -2.51. The van der Waals surface area contributed by atoms with Crippen molar-refractivity contribution in [3.8, 4) is 0 Å². The van der Waals surface area contributed by atoms with Crippen molar-refractivity contribution < 1.29 is 33.0 Å². The van der Waals surface area contributed by atoms with Gasteiger partial charge in [-0.15, -0.1) is 0 Å². The van der Waals surface area contributed by atoms with Crippen LogP contribution >= 0.6 is 0 Å². The smallest absolute Gasteiger partial charge is 0.407 e. The van der Waals surface area contributed by atoms with E-state index in [0.29, 0.717) is 42.9 Å². The van der Waals surface area contributed by atoms with E-state index in [0.717, 1.165) is 97.5 Å². The lowest BCUT2D eigenvalue weighted by atomic mass is 9.88. The highest BCUT2D eigenvalue weighted by atomic mass is 19.1. The highest BCUT2D eigenvalue weighted by Crippen LogP contribution is 2.46. The summed E-state index contributed by atoms with van der Waals surface area (Å²) >= 11 is 0. The van der Waals surface area contributed by atoms with Crippen molar-refractivity contribution in [1.29, 1.82) is 0 Å². The Bertz CT molecular complexity index is 2600. The van der Waals surface area contributed by atoms with Crippen molar-refractivity contribution in [3.63, 3.8) is 0 Å². The second kappa shape index (κ2) is 20.3. The first-order chi connectivity index (χ1) is 33.6. The van der Waals surface area contributed by atoms with Crippen molar-refractivity contribution >= 4 is 52.5 Å². The van der Waals surface area contributed by atoms with Gasteiger partial charge in [0.2, 0.25) is 11.8 Å². The van der Waals surface area contributed by atoms with Gasteiger partial charge >= 0.3 is 12.2 Å². The summed E-state index contributed by atoms with van der Waals surface area (Å²) in [7, 11) is 2.59. The molecule has 4 aliphatic heterocycles. The molecule has 16 nitrogen and oxygen atoms in total. The van der Waals surface area contributed by atoms with E-state index in [2.05, 4.69) is 74.6 Å². The van der Waals surface area contributed by atoms with Crippen LogP contribution in [0.15, 0.2) is 42.5 Å². The second-order valence-corrected chi connectivity index (χ2v) is 21.3. The number of nitrogens with zero attached hydrogens (tertiary/aromatic N) is 6. The van der Waals surface area contributed by atoms with Crippen molar-refractivity contribution in [2.45, 2.75) is 129 Å². The molecule has 0 spiro atoms. The van der Waals surface area contributed by atoms with E-state index in [4.69, 9.17) is 19.4 Å². The third kappa shape index (κ3) is 9.68. The number of aromatic nitrogens is 4. The normalized spacial score (nSPS) is 25.4. The molecule has 9 atom stereocenters. The highest BCUT2D eigenvalue weighted by Gasteiger charge is 2.43. The molecule has 5 aliphatic rings. The van der Waals surface area contributed by atoms with E-state index in [9.17, 15) is 19.2 Å². The summed E-state index contributed by atoms with van der Waals surface area (Å²) in [6, 6.07) is 10.1. The van der Waals surface area contributed by atoms with Crippen LogP contribution < -0.4 is 20.4 Å². The number of methoxy groups -OCH3 is 2. The number of carbonyl (C=O) groups is 4. The largest absolute Gasteiger partial charge is 0.453 e. The molecule has 4 amide bonds. The van der Waals surface area contributed by atoms with Gasteiger partial charge in [0, 0.05) is 49.5 Å². The average molecular weight is 963 g/mol. The zero-order valence-electron chi connectivity index (χ0n) is 42.0. The molecular weight excluding hydrogens is 892 g/mol. The zero-order chi connectivity index (χ0) is 49.5. The Kier molecular flexibility index (Phi) is 14.2. The fourth-order valence-corrected chi connectivity index (χ4v) is 12.2. The van der Waals surface area contributed by atoms with Crippen LogP contribution in [0.3, 0.4) is 0 Å². The monoisotopic (exact) mass is 963 g/mol. The van der Waals surface area contributed by atoms with Crippen LogP contribution in [0.4, 0.5) is 25.4 Å². The number of rotatable bonds is 12. The summed E-state index contributed by atoms with van der Waals surface area (Å²) in [5, 5.41) is 5.48. The quantitative estimate of drug-likeness (QED) is 0.107. The van der Waals surface area contributed by atoms with Crippen LogP contribution in [0.2, 0.25) is 0 Å². The molecule has 4 saturated heterocycles.